The number of halogens is 4. The third-order valence-corrected chi connectivity index (χ3v) is 9.96. The van der Waals surface area contributed by atoms with Gasteiger partial charge in [-0.15, -0.1) is 0 Å². The van der Waals surface area contributed by atoms with E-state index >= 15 is 8.78 Å². The van der Waals surface area contributed by atoms with Gasteiger partial charge < -0.3 is 17.0 Å². The van der Waals surface area contributed by atoms with Crippen molar-refractivity contribution in [2.24, 2.45) is 0 Å². The Labute approximate surface area is 165 Å². The largest absolute Gasteiger partial charge is 1.00 e. The highest BCUT2D eigenvalue weighted by molar-refractivity contribution is 14.1. The highest BCUT2D eigenvalue weighted by Gasteiger charge is 2.64. The first-order valence-corrected chi connectivity index (χ1v) is 10.1. The Morgan fingerprint density at radius 1 is 0.583 bits per heavy atom. The van der Waals surface area contributed by atoms with Crippen LogP contribution in [0, 0.1) is 0 Å². The number of benzene rings is 3. The van der Waals surface area contributed by atoms with Crippen LogP contribution < -0.4 is 32.9 Å². The molecule has 0 N–H and O–H groups in total. The molecule has 0 bridgehead atoms. The third kappa shape index (κ3) is 3.42. The molecule has 0 aliphatic carbocycles. The van der Waals surface area contributed by atoms with Crippen molar-refractivity contribution < 1.29 is 25.8 Å². The van der Waals surface area contributed by atoms with Gasteiger partial charge in [-0.1, -0.05) is 54.6 Å². The topological polar surface area (TPSA) is 0 Å². The quantitative estimate of drug-likeness (QED) is 0.281. The molecule has 0 heterocycles. The van der Waals surface area contributed by atoms with E-state index in [-0.39, 0.29) is 17.0 Å². The van der Waals surface area contributed by atoms with Gasteiger partial charge in [-0.2, -0.15) is 8.78 Å². The van der Waals surface area contributed by atoms with Gasteiger partial charge in [0.2, 0.25) is 0 Å². The Bertz CT molecular complexity index is 665. The summed E-state index contributed by atoms with van der Waals surface area (Å²) in [6.07, 6.45) is 0. The van der Waals surface area contributed by atoms with Gasteiger partial charge in [-0.05, 0) is 36.4 Å². The van der Waals surface area contributed by atoms with Crippen molar-refractivity contribution in [3.8, 4) is 0 Å². The van der Waals surface area contributed by atoms with E-state index in [9.17, 15) is 0 Å². The second kappa shape index (κ2) is 8.03. The molecule has 0 amide bonds. The fraction of sp³-hybridized carbons (Fsp3) is 0.0526. The minimum Gasteiger partial charge on any atom is -1.00 e. The van der Waals surface area contributed by atoms with Gasteiger partial charge in [0.05, 0.1) is 22.6 Å². The Morgan fingerprint density at radius 2 is 0.833 bits per heavy atom. The first-order valence-electron chi connectivity index (χ1n) is 7.19. The molecular weight excluding hydrogens is 504 g/mol. The van der Waals surface area contributed by atoms with E-state index in [0.29, 0.717) is 15.9 Å². The molecule has 0 atom stereocenters. The molecule has 0 aromatic heterocycles. The molecule has 0 radical (unpaired) electrons. The lowest BCUT2D eigenvalue weighted by atomic mass is 10.4. The van der Waals surface area contributed by atoms with Crippen LogP contribution >= 0.6 is 29.9 Å². The van der Waals surface area contributed by atoms with Crippen LogP contribution in [0.3, 0.4) is 0 Å². The van der Waals surface area contributed by atoms with Crippen molar-refractivity contribution in [1.82, 2.24) is 0 Å². The predicted octanol–water partition coefficient (Wildman–Crippen LogP) is 1.97. The predicted molar refractivity (Wildman–Crippen MR) is 104 cm³/mol. The van der Waals surface area contributed by atoms with Gasteiger partial charge in [-0.25, -0.2) is 0 Å². The molecule has 0 aliphatic rings. The maximum absolute atomic E-state index is 15.1. The van der Waals surface area contributed by atoms with E-state index < -0.39 is 10.9 Å². The summed E-state index contributed by atoms with van der Waals surface area (Å²) in [5.74, 6) is 0. The van der Waals surface area contributed by atoms with Gasteiger partial charge >= 0.3 is 3.67 Å². The van der Waals surface area contributed by atoms with Crippen LogP contribution in [-0.2, 0) is 0 Å². The van der Waals surface area contributed by atoms with Crippen LogP contribution in [-0.4, -0.2) is 3.67 Å². The molecule has 0 saturated heterocycles. The molecule has 24 heavy (non-hydrogen) atoms. The maximum Gasteiger partial charge on any atom is 0.416 e. The van der Waals surface area contributed by atoms with Gasteiger partial charge in [0.1, 0.15) is 15.9 Å². The summed E-state index contributed by atoms with van der Waals surface area (Å²) in [5, 5.41) is 2.07. The lowest BCUT2D eigenvalue weighted by Gasteiger charge is -2.30. The summed E-state index contributed by atoms with van der Waals surface area (Å²) in [6.45, 7) is 0. The van der Waals surface area contributed by atoms with Crippen molar-refractivity contribution in [3.05, 3.63) is 91.0 Å². The smallest absolute Gasteiger partial charge is 0.416 e. The third-order valence-electron chi connectivity index (χ3n) is 3.81. The molecule has 3 rings (SSSR count). The Morgan fingerprint density at radius 3 is 1.04 bits per heavy atom. The van der Waals surface area contributed by atoms with Gasteiger partial charge in [0.15, 0.2) is 7.26 Å². The highest BCUT2D eigenvalue weighted by Crippen LogP contribution is 2.70. The SMILES string of the molecule is FC(F)(I)[P+](c1ccccc1)(c1ccccc1)c1ccccc1.[Br-]. The second-order valence-corrected chi connectivity index (χ2v) is 10.8. The summed E-state index contributed by atoms with van der Waals surface area (Å²) < 4.78 is 27.4. The Hall–Kier alpha value is -0.840. The molecule has 0 aliphatic heterocycles. The highest BCUT2D eigenvalue weighted by atomic mass is 127. The van der Waals surface area contributed by atoms with Gasteiger partial charge in [-0.3, -0.25) is 0 Å². The van der Waals surface area contributed by atoms with Crippen LogP contribution in [0.1, 0.15) is 0 Å². The number of rotatable bonds is 4. The molecule has 0 unspecified atom stereocenters. The van der Waals surface area contributed by atoms with Crippen molar-refractivity contribution in [2.45, 2.75) is 3.67 Å². The molecule has 5 heteroatoms. The first-order chi connectivity index (χ1) is 11.1. The number of alkyl halides is 3. The Balaban J connectivity index is 0.00000208. The molecule has 0 saturated carbocycles. The van der Waals surface area contributed by atoms with E-state index in [4.69, 9.17) is 0 Å². The van der Waals surface area contributed by atoms with Crippen molar-refractivity contribution in [1.29, 1.82) is 0 Å². The molecule has 0 spiro atoms. The van der Waals surface area contributed by atoms with Crippen LogP contribution in [0.15, 0.2) is 91.0 Å². The summed E-state index contributed by atoms with van der Waals surface area (Å²) in [4.78, 5) is 0. The van der Waals surface area contributed by atoms with E-state index in [1.165, 1.54) is 22.6 Å². The summed E-state index contributed by atoms with van der Waals surface area (Å²) in [6, 6.07) is 27.5. The summed E-state index contributed by atoms with van der Waals surface area (Å²) >= 11 is 1.32. The monoisotopic (exact) mass is 518 g/mol. The molecule has 3 aromatic rings. The Kier molecular flexibility index (Phi) is 6.52. The zero-order valence-electron chi connectivity index (χ0n) is 12.6. The standard InChI is InChI=1S/C19H15F2IP.BrH/c20-19(21,22)23(16-10-4-1-5-11-16,17-12-6-2-7-13-17)18-14-8-3-9-15-18;/h1-15H;1H/q+1;/p-1. The van der Waals surface area contributed by atoms with E-state index in [1.807, 2.05) is 91.0 Å². The van der Waals surface area contributed by atoms with Gasteiger partial charge in [0.25, 0.3) is 0 Å². The van der Waals surface area contributed by atoms with Crippen LogP contribution in [0.5, 0.6) is 0 Å². The lowest BCUT2D eigenvalue weighted by Crippen LogP contribution is -3.00. The minimum absolute atomic E-state index is 0. The van der Waals surface area contributed by atoms with Crippen molar-refractivity contribution in [2.75, 3.05) is 0 Å². The normalized spacial score (nSPS) is 11.6. The molecule has 3 aromatic carbocycles. The fourth-order valence-electron chi connectivity index (χ4n) is 2.84. The van der Waals surface area contributed by atoms with Crippen LogP contribution in [0.25, 0.3) is 0 Å². The average molecular weight is 519 g/mol. The van der Waals surface area contributed by atoms with E-state index in [2.05, 4.69) is 0 Å². The first kappa shape index (κ1) is 19.5. The minimum atomic E-state index is -3.08. The van der Waals surface area contributed by atoms with Crippen molar-refractivity contribution in [3.63, 3.8) is 0 Å². The molecule has 0 nitrogen and oxygen atoms in total. The fourth-order valence-corrected chi connectivity index (χ4v) is 8.98. The molecular formula is C19H15BrF2IP. The van der Waals surface area contributed by atoms with E-state index in [0.717, 1.165) is 0 Å². The summed E-state index contributed by atoms with van der Waals surface area (Å²) in [5.41, 5.74) is 0. The summed E-state index contributed by atoms with van der Waals surface area (Å²) in [7, 11) is -3.08. The van der Waals surface area contributed by atoms with E-state index in [1.54, 1.807) is 0 Å². The van der Waals surface area contributed by atoms with Crippen molar-refractivity contribution >= 4 is 45.8 Å². The number of hydrogen-bond donors (Lipinski definition) is 0. The van der Waals surface area contributed by atoms with Crippen LogP contribution in [0.2, 0.25) is 0 Å². The molecule has 0 fully saturated rings. The maximum atomic E-state index is 15.1. The van der Waals surface area contributed by atoms with Gasteiger partial charge in [0, 0.05) is 0 Å². The number of hydrogen-bond acceptors (Lipinski definition) is 0. The zero-order chi connectivity index (χ0) is 16.3. The van der Waals surface area contributed by atoms with Crippen LogP contribution in [0.4, 0.5) is 8.78 Å². The zero-order valence-corrected chi connectivity index (χ0v) is 17.3. The average Bonchev–Trinajstić information content (AvgIpc) is 2.57. The lowest BCUT2D eigenvalue weighted by molar-refractivity contribution is -0.00000676. The molecule has 124 valence electrons. The second-order valence-electron chi connectivity index (χ2n) is 5.15.